The number of nitrogens with zero attached hydrogens (tertiary/aromatic N) is 1. The van der Waals surface area contributed by atoms with Gasteiger partial charge in [0, 0.05) is 19.5 Å². The van der Waals surface area contributed by atoms with Crippen molar-refractivity contribution in [1.29, 1.82) is 0 Å². The average molecular weight is 315 g/mol. The fraction of sp³-hybridized carbons (Fsp3) is 0.650. The van der Waals surface area contributed by atoms with Crippen molar-refractivity contribution in [3.8, 4) is 0 Å². The highest BCUT2D eigenvalue weighted by atomic mass is 16.3. The second-order valence-corrected chi connectivity index (χ2v) is 7.26. The molecule has 2 aliphatic rings. The molecule has 3 nitrogen and oxygen atoms in total. The highest BCUT2D eigenvalue weighted by molar-refractivity contribution is 5.76. The number of aliphatic hydroxyl groups is 1. The van der Waals surface area contributed by atoms with Crippen LogP contribution in [-0.4, -0.2) is 29.0 Å². The summed E-state index contributed by atoms with van der Waals surface area (Å²) in [6.07, 6.45) is 8.55. The van der Waals surface area contributed by atoms with Gasteiger partial charge in [-0.3, -0.25) is 4.79 Å². The Labute approximate surface area is 139 Å². The monoisotopic (exact) mass is 315 g/mol. The van der Waals surface area contributed by atoms with Gasteiger partial charge in [0.05, 0.1) is 6.10 Å². The van der Waals surface area contributed by atoms with E-state index in [-0.39, 0.29) is 5.92 Å². The van der Waals surface area contributed by atoms with Gasteiger partial charge in [-0.25, -0.2) is 0 Å². The summed E-state index contributed by atoms with van der Waals surface area (Å²) in [6, 6.07) is 9.90. The third-order valence-corrected chi connectivity index (χ3v) is 5.72. The number of rotatable bonds is 5. The number of benzene rings is 1. The first kappa shape index (κ1) is 16.5. The Bertz CT molecular complexity index is 488. The maximum atomic E-state index is 12.4. The molecular weight excluding hydrogens is 286 g/mol. The standard InChI is InChI=1S/C20H29NO2/c22-19(11-10-16-6-4-5-7-16)21-14-12-18(13-15-21)20(23)17-8-2-1-3-9-17/h1-3,8-9,16,18,20,23H,4-7,10-15H2. The Morgan fingerprint density at radius 3 is 2.39 bits per heavy atom. The molecule has 1 saturated heterocycles. The SMILES string of the molecule is O=C(CCC1CCCC1)N1CCC(C(O)c2ccccc2)CC1. The zero-order chi connectivity index (χ0) is 16.1. The number of piperidine rings is 1. The molecule has 0 spiro atoms. The van der Waals surface area contributed by atoms with Crippen molar-refractivity contribution < 1.29 is 9.90 Å². The zero-order valence-corrected chi connectivity index (χ0v) is 14.0. The first-order valence-corrected chi connectivity index (χ1v) is 9.25. The Kier molecular flexibility index (Phi) is 5.71. The highest BCUT2D eigenvalue weighted by Crippen LogP contribution is 2.32. The summed E-state index contributed by atoms with van der Waals surface area (Å²) in [6.45, 7) is 1.61. The Morgan fingerprint density at radius 2 is 1.74 bits per heavy atom. The van der Waals surface area contributed by atoms with Gasteiger partial charge < -0.3 is 10.0 Å². The van der Waals surface area contributed by atoms with Crippen molar-refractivity contribution in [2.45, 2.75) is 57.5 Å². The number of carbonyl (C=O) groups is 1. The third kappa shape index (κ3) is 4.35. The summed E-state index contributed by atoms with van der Waals surface area (Å²) in [7, 11) is 0. The summed E-state index contributed by atoms with van der Waals surface area (Å²) < 4.78 is 0. The van der Waals surface area contributed by atoms with Crippen LogP contribution < -0.4 is 0 Å². The molecule has 126 valence electrons. The normalized spacial score (nSPS) is 21.5. The summed E-state index contributed by atoms with van der Waals surface area (Å²) in [4.78, 5) is 14.4. The largest absolute Gasteiger partial charge is 0.388 e. The number of hydrogen-bond acceptors (Lipinski definition) is 2. The van der Waals surface area contributed by atoms with E-state index in [0.717, 1.165) is 50.3 Å². The fourth-order valence-corrected chi connectivity index (χ4v) is 4.17. The number of carbonyl (C=O) groups excluding carboxylic acids is 1. The Morgan fingerprint density at radius 1 is 1.09 bits per heavy atom. The summed E-state index contributed by atoms with van der Waals surface area (Å²) >= 11 is 0. The molecule has 0 aromatic heterocycles. The number of aliphatic hydroxyl groups excluding tert-OH is 1. The number of hydrogen-bond donors (Lipinski definition) is 1. The molecule has 1 aromatic carbocycles. The summed E-state index contributed by atoms with van der Waals surface area (Å²) in [5.74, 6) is 1.39. The first-order chi connectivity index (χ1) is 11.2. The number of amides is 1. The molecule has 1 heterocycles. The van der Waals surface area contributed by atoms with E-state index in [2.05, 4.69) is 0 Å². The van der Waals surface area contributed by atoms with Crippen molar-refractivity contribution >= 4 is 5.91 Å². The maximum Gasteiger partial charge on any atom is 0.222 e. The van der Waals surface area contributed by atoms with E-state index in [1.165, 1.54) is 25.7 Å². The quantitative estimate of drug-likeness (QED) is 0.894. The van der Waals surface area contributed by atoms with E-state index in [4.69, 9.17) is 0 Å². The van der Waals surface area contributed by atoms with Gasteiger partial charge in [-0.1, -0.05) is 56.0 Å². The molecule has 0 bridgehead atoms. The lowest BCUT2D eigenvalue weighted by Crippen LogP contribution is -2.39. The van der Waals surface area contributed by atoms with Gasteiger partial charge >= 0.3 is 0 Å². The minimum Gasteiger partial charge on any atom is -0.388 e. The number of likely N-dealkylation sites (tertiary alicyclic amines) is 1. The molecule has 1 unspecified atom stereocenters. The minimum atomic E-state index is -0.396. The van der Waals surface area contributed by atoms with Crippen LogP contribution in [-0.2, 0) is 4.79 Å². The smallest absolute Gasteiger partial charge is 0.222 e. The molecular formula is C20H29NO2. The second kappa shape index (κ2) is 7.96. The van der Waals surface area contributed by atoms with Crippen LogP contribution >= 0.6 is 0 Å². The van der Waals surface area contributed by atoms with Crippen molar-refractivity contribution in [2.24, 2.45) is 11.8 Å². The molecule has 1 amide bonds. The summed E-state index contributed by atoms with van der Waals surface area (Å²) in [5.41, 5.74) is 0.999. The van der Waals surface area contributed by atoms with Crippen LogP contribution in [0.3, 0.4) is 0 Å². The molecule has 2 fully saturated rings. The van der Waals surface area contributed by atoms with Crippen molar-refractivity contribution in [1.82, 2.24) is 4.90 Å². The summed E-state index contributed by atoms with van der Waals surface area (Å²) in [5, 5.41) is 10.5. The molecule has 1 saturated carbocycles. The van der Waals surface area contributed by atoms with E-state index in [1.807, 2.05) is 35.2 Å². The molecule has 23 heavy (non-hydrogen) atoms. The van der Waals surface area contributed by atoms with Gasteiger partial charge in [0.15, 0.2) is 0 Å². The van der Waals surface area contributed by atoms with Gasteiger partial charge in [-0.2, -0.15) is 0 Å². The molecule has 0 radical (unpaired) electrons. The third-order valence-electron chi connectivity index (χ3n) is 5.72. The van der Waals surface area contributed by atoms with Crippen LogP contribution in [0, 0.1) is 11.8 Å². The Balaban J connectivity index is 1.43. The van der Waals surface area contributed by atoms with Crippen LogP contribution in [0.25, 0.3) is 0 Å². The minimum absolute atomic E-state index is 0.274. The molecule has 1 aromatic rings. The van der Waals surface area contributed by atoms with Crippen molar-refractivity contribution in [2.75, 3.05) is 13.1 Å². The average Bonchev–Trinajstić information content (AvgIpc) is 3.13. The first-order valence-electron chi connectivity index (χ1n) is 9.25. The van der Waals surface area contributed by atoms with Crippen LogP contribution in [0.5, 0.6) is 0 Å². The lowest BCUT2D eigenvalue weighted by Gasteiger charge is -2.34. The van der Waals surface area contributed by atoms with Crippen molar-refractivity contribution in [3.63, 3.8) is 0 Å². The predicted molar refractivity (Wildman–Crippen MR) is 91.9 cm³/mol. The molecule has 1 aliphatic heterocycles. The fourth-order valence-electron chi connectivity index (χ4n) is 4.17. The van der Waals surface area contributed by atoms with Crippen LogP contribution in [0.1, 0.15) is 63.0 Å². The van der Waals surface area contributed by atoms with Gasteiger partial charge in [0.1, 0.15) is 0 Å². The molecule has 1 aliphatic carbocycles. The van der Waals surface area contributed by atoms with E-state index >= 15 is 0 Å². The second-order valence-electron chi connectivity index (χ2n) is 7.26. The van der Waals surface area contributed by atoms with E-state index < -0.39 is 6.10 Å². The molecule has 1 atom stereocenters. The lowest BCUT2D eigenvalue weighted by atomic mass is 9.87. The van der Waals surface area contributed by atoms with Crippen LogP contribution in [0.2, 0.25) is 0 Å². The van der Waals surface area contributed by atoms with Crippen LogP contribution in [0.4, 0.5) is 0 Å². The van der Waals surface area contributed by atoms with E-state index in [1.54, 1.807) is 0 Å². The predicted octanol–water partition coefficient (Wildman–Crippen LogP) is 3.93. The maximum absolute atomic E-state index is 12.4. The van der Waals surface area contributed by atoms with Crippen molar-refractivity contribution in [3.05, 3.63) is 35.9 Å². The molecule has 3 heteroatoms. The zero-order valence-electron chi connectivity index (χ0n) is 14.0. The van der Waals surface area contributed by atoms with E-state index in [9.17, 15) is 9.90 Å². The highest BCUT2D eigenvalue weighted by Gasteiger charge is 2.28. The van der Waals surface area contributed by atoms with E-state index in [0.29, 0.717) is 5.91 Å². The molecule has 3 rings (SSSR count). The van der Waals surface area contributed by atoms with Crippen LogP contribution in [0.15, 0.2) is 30.3 Å². The van der Waals surface area contributed by atoms with Gasteiger partial charge in [-0.05, 0) is 36.7 Å². The lowest BCUT2D eigenvalue weighted by molar-refractivity contribution is -0.133. The topological polar surface area (TPSA) is 40.5 Å². The molecule has 1 N–H and O–H groups in total. The van der Waals surface area contributed by atoms with Gasteiger partial charge in [0.25, 0.3) is 0 Å². The Hall–Kier alpha value is -1.35. The van der Waals surface area contributed by atoms with Gasteiger partial charge in [0.2, 0.25) is 5.91 Å². The van der Waals surface area contributed by atoms with Gasteiger partial charge in [-0.15, -0.1) is 0 Å².